The van der Waals surface area contributed by atoms with E-state index in [1.807, 2.05) is 6.07 Å². The number of nitrogens with two attached hydrogens (primary N) is 1. The van der Waals surface area contributed by atoms with Crippen molar-refractivity contribution in [1.29, 1.82) is 0 Å². The van der Waals surface area contributed by atoms with Gasteiger partial charge in [-0.25, -0.2) is 19.0 Å². The summed E-state index contributed by atoms with van der Waals surface area (Å²) in [5.74, 6) is -3.57. The first-order valence-electron chi connectivity index (χ1n) is 11.8. The van der Waals surface area contributed by atoms with Crippen LogP contribution in [0.15, 0.2) is 60.9 Å². The maximum atomic E-state index is 15.4. The number of hydrogen-bond acceptors (Lipinski definition) is 9. The molecule has 3 aromatic heterocycles. The second-order valence-electron chi connectivity index (χ2n) is 8.81. The molecule has 14 heteroatoms. The molecule has 0 saturated carbocycles. The molecular weight excluding hydrogens is 549 g/mol. The Morgan fingerprint density at radius 3 is 2.42 bits per heavy atom. The lowest BCUT2D eigenvalue weighted by molar-refractivity contribution is -0.192. The first-order chi connectivity index (χ1) is 19.1. The number of carbonyl (C=O) groups is 2. The Kier molecular flexibility index (Phi) is 8.59. The zero-order valence-electron chi connectivity index (χ0n) is 21.0. The number of halogens is 2. The van der Waals surface area contributed by atoms with Gasteiger partial charge in [-0.2, -0.15) is 4.98 Å². The van der Waals surface area contributed by atoms with Gasteiger partial charge in [0, 0.05) is 31.5 Å². The summed E-state index contributed by atoms with van der Waals surface area (Å²) in [7, 11) is 1.13. The third kappa shape index (κ3) is 5.72. The van der Waals surface area contributed by atoms with Crippen molar-refractivity contribution in [2.45, 2.75) is 30.5 Å². The van der Waals surface area contributed by atoms with Gasteiger partial charge < -0.3 is 30.5 Å². The van der Waals surface area contributed by atoms with E-state index in [2.05, 4.69) is 15.0 Å². The van der Waals surface area contributed by atoms with Crippen LogP contribution in [-0.2, 0) is 25.5 Å². The quantitative estimate of drug-likeness (QED) is 0.144. The number of methoxy groups -OCH3 is 1. The molecule has 0 aliphatic carbocycles. The monoisotopic (exact) mass is 573 g/mol. The Morgan fingerprint density at radius 2 is 1.82 bits per heavy atom. The summed E-state index contributed by atoms with van der Waals surface area (Å²) in [5, 5.41) is 30.6. The van der Waals surface area contributed by atoms with Gasteiger partial charge in [0.1, 0.15) is 23.7 Å². The lowest BCUT2D eigenvalue weighted by Crippen LogP contribution is -2.53. The number of hydrogen-bond donors (Lipinski definition) is 4. The molecule has 3 heterocycles. The number of alkyl halides is 1. The molecule has 210 valence electrons. The number of carboxylic acids is 2. The van der Waals surface area contributed by atoms with Gasteiger partial charge in [-0.05, 0) is 35.4 Å². The van der Waals surface area contributed by atoms with Gasteiger partial charge in [-0.1, -0.05) is 30.3 Å². The van der Waals surface area contributed by atoms with Crippen LogP contribution in [0, 0.1) is 0 Å². The smallest absolute Gasteiger partial charge is 0.348 e. The molecule has 0 fully saturated rings. The molecule has 0 amide bonds. The first-order valence-corrected chi connectivity index (χ1v) is 12.2. The largest absolute Gasteiger partial charge is 0.479 e. The van der Waals surface area contributed by atoms with Crippen LogP contribution < -0.4 is 5.73 Å². The van der Waals surface area contributed by atoms with Crippen LogP contribution in [0.25, 0.3) is 22.3 Å². The minimum atomic E-state index is -2.76. The van der Waals surface area contributed by atoms with Crippen molar-refractivity contribution in [1.82, 2.24) is 19.5 Å². The minimum absolute atomic E-state index is 0.000565. The van der Waals surface area contributed by atoms with E-state index in [-0.39, 0.29) is 22.1 Å². The highest BCUT2D eigenvalue weighted by molar-refractivity contribution is 6.28. The third-order valence-electron chi connectivity index (χ3n) is 6.36. The van der Waals surface area contributed by atoms with Gasteiger partial charge in [-0.15, -0.1) is 0 Å². The normalized spacial score (nSPS) is 14.1. The number of anilines is 1. The maximum absolute atomic E-state index is 15.4. The van der Waals surface area contributed by atoms with Crippen molar-refractivity contribution in [2.24, 2.45) is 0 Å². The van der Waals surface area contributed by atoms with Crippen molar-refractivity contribution in [3.8, 4) is 11.3 Å². The van der Waals surface area contributed by atoms with Crippen LogP contribution in [0.3, 0.4) is 0 Å². The molecular formula is C26H25ClFN5O7. The predicted octanol–water partition coefficient (Wildman–Crippen LogP) is 2.74. The zero-order chi connectivity index (χ0) is 29.0. The van der Waals surface area contributed by atoms with Crippen LogP contribution in [0.1, 0.15) is 11.9 Å². The Labute approximate surface area is 231 Å². The highest BCUT2D eigenvalue weighted by Gasteiger charge is 2.49. The molecule has 12 nitrogen and oxygen atoms in total. The zero-order valence-corrected chi connectivity index (χ0v) is 21.8. The van der Waals surface area contributed by atoms with E-state index in [1.165, 1.54) is 12.3 Å². The van der Waals surface area contributed by atoms with Crippen LogP contribution in [0.2, 0.25) is 5.28 Å². The summed E-state index contributed by atoms with van der Waals surface area (Å²) in [6.45, 7) is -0.778. The standard InChI is InChI=1S/C26H25ClFN5O7/c1-39-18(19(34)20(28)33-11-9-16-21(29)31-25(27)32-22(16)33)13-40-26(23(35)36,24(37)38)12-14-5-7-15(8-6-14)17-4-2-3-10-30-17/h2-11,18-20,34H,12-13H2,1H3,(H,35,36)(H,37,38)(H2,29,31,32)/t18-,19-,20-/m1/s1. The fraction of sp³-hybridized carbons (Fsp3) is 0.269. The summed E-state index contributed by atoms with van der Waals surface area (Å²) >= 11 is 5.83. The number of rotatable bonds is 12. The second kappa shape index (κ2) is 11.9. The Morgan fingerprint density at radius 1 is 1.12 bits per heavy atom. The van der Waals surface area contributed by atoms with Crippen molar-refractivity contribution in [3.63, 3.8) is 0 Å². The molecule has 4 aromatic rings. The van der Waals surface area contributed by atoms with Gasteiger partial charge in [0.2, 0.25) is 11.6 Å². The molecule has 0 bridgehead atoms. The number of aromatic nitrogens is 4. The lowest BCUT2D eigenvalue weighted by Gasteiger charge is -2.30. The molecule has 3 atom stereocenters. The number of nitrogen functional groups attached to an aromatic ring is 1. The van der Waals surface area contributed by atoms with E-state index in [4.69, 9.17) is 26.8 Å². The molecule has 1 aromatic carbocycles. The highest BCUT2D eigenvalue weighted by Crippen LogP contribution is 2.29. The summed E-state index contributed by atoms with van der Waals surface area (Å²) < 4.78 is 27.0. The first kappa shape index (κ1) is 28.8. The van der Waals surface area contributed by atoms with Gasteiger partial charge in [0.25, 0.3) is 5.60 Å². The lowest BCUT2D eigenvalue weighted by atomic mass is 9.93. The summed E-state index contributed by atoms with van der Waals surface area (Å²) in [6, 6.07) is 13.3. The average Bonchev–Trinajstić information content (AvgIpc) is 3.36. The number of fused-ring (bicyclic) bond motifs is 1. The van der Waals surface area contributed by atoms with Crippen LogP contribution in [-0.4, -0.2) is 78.3 Å². The van der Waals surface area contributed by atoms with Crippen LogP contribution >= 0.6 is 11.6 Å². The fourth-order valence-electron chi connectivity index (χ4n) is 4.13. The molecule has 4 rings (SSSR count). The number of benzene rings is 1. The van der Waals surface area contributed by atoms with Gasteiger partial charge >= 0.3 is 11.9 Å². The van der Waals surface area contributed by atoms with Crippen molar-refractivity contribution >= 4 is 40.4 Å². The second-order valence-corrected chi connectivity index (χ2v) is 9.15. The number of pyridine rings is 1. The van der Waals surface area contributed by atoms with Gasteiger partial charge in [0.15, 0.2) is 0 Å². The van der Waals surface area contributed by atoms with E-state index in [1.54, 1.807) is 42.6 Å². The number of aliphatic hydroxyl groups is 1. The topological polar surface area (TPSA) is 183 Å². The molecule has 0 radical (unpaired) electrons. The Hall–Kier alpha value is -4.17. The molecule has 0 aliphatic rings. The molecule has 0 saturated heterocycles. The molecule has 5 N–H and O–H groups in total. The fourth-order valence-corrected chi connectivity index (χ4v) is 4.30. The van der Waals surface area contributed by atoms with E-state index in [0.717, 1.165) is 17.2 Å². The number of nitrogens with zero attached hydrogens (tertiary/aromatic N) is 4. The van der Waals surface area contributed by atoms with Gasteiger partial charge in [-0.3, -0.25) is 9.55 Å². The SMILES string of the molecule is CO[C@H](COC(Cc1ccc(-c2ccccn2)cc1)(C(=O)O)C(=O)O)[C@@H](O)[C@H](F)n1ccc2c(N)nc(Cl)nc21. The number of aliphatic carboxylic acids is 2. The van der Waals surface area contributed by atoms with Gasteiger partial charge in [0.05, 0.1) is 17.7 Å². The highest BCUT2D eigenvalue weighted by atomic mass is 35.5. The molecule has 40 heavy (non-hydrogen) atoms. The van der Waals surface area contributed by atoms with Crippen molar-refractivity contribution < 1.29 is 38.8 Å². The molecule has 0 unspecified atom stereocenters. The van der Waals surface area contributed by atoms with E-state index in [9.17, 15) is 24.9 Å². The molecule has 0 spiro atoms. The Balaban J connectivity index is 1.54. The van der Waals surface area contributed by atoms with E-state index >= 15 is 4.39 Å². The van der Waals surface area contributed by atoms with Crippen molar-refractivity contribution in [3.05, 3.63) is 71.8 Å². The summed E-state index contributed by atoms with van der Waals surface area (Å²) in [6.07, 6.45) is -3.28. The number of ether oxygens (including phenoxy) is 2. The number of carboxylic acid groups (broad SMARTS) is 2. The Bertz CT molecular complexity index is 1490. The van der Waals surface area contributed by atoms with Crippen LogP contribution in [0.5, 0.6) is 0 Å². The summed E-state index contributed by atoms with van der Waals surface area (Å²) in [5.41, 5.74) is 4.79. The predicted molar refractivity (Wildman–Crippen MR) is 141 cm³/mol. The average molecular weight is 574 g/mol. The maximum Gasteiger partial charge on any atom is 0.348 e. The minimum Gasteiger partial charge on any atom is -0.479 e. The van der Waals surface area contributed by atoms with Crippen LogP contribution in [0.4, 0.5) is 10.2 Å². The molecule has 0 aliphatic heterocycles. The number of aliphatic hydroxyl groups excluding tert-OH is 1. The van der Waals surface area contributed by atoms with E-state index in [0.29, 0.717) is 11.3 Å². The third-order valence-corrected chi connectivity index (χ3v) is 6.53. The van der Waals surface area contributed by atoms with Crippen molar-refractivity contribution in [2.75, 3.05) is 19.5 Å². The summed E-state index contributed by atoms with van der Waals surface area (Å²) in [4.78, 5) is 36.4. The van der Waals surface area contributed by atoms with E-state index < -0.39 is 49.1 Å².